The number of ether oxygens (including phenoxy) is 9. The molecular formula is C72H54Br6O12. The van der Waals surface area contributed by atoms with Crippen molar-refractivity contribution in [1.82, 2.24) is 0 Å². The van der Waals surface area contributed by atoms with E-state index in [1.54, 1.807) is 54.6 Å². The molecule has 0 fully saturated rings. The highest BCUT2D eigenvalue weighted by atomic mass is 79.9. The molecule has 0 atom stereocenters. The van der Waals surface area contributed by atoms with Gasteiger partial charge in [0, 0.05) is 45.0 Å². The average molecular weight is 1590 g/mol. The van der Waals surface area contributed by atoms with Crippen LogP contribution in [0.3, 0.4) is 0 Å². The Morgan fingerprint density at radius 2 is 0.378 bits per heavy atom. The third-order valence-electron chi connectivity index (χ3n) is 13.5. The van der Waals surface area contributed by atoms with Crippen LogP contribution in [0, 0.1) is 0 Å². The Bertz CT molecular complexity index is 3440. The lowest BCUT2D eigenvalue weighted by Gasteiger charge is -2.15. The van der Waals surface area contributed by atoms with Crippen LogP contribution >= 0.6 is 95.6 Å². The molecule has 0 radical (unpaired) electrons. The number of rotatable bonds is 27. The summed E-state index contributed by atoms with van der Waals surface area (Å²) >= 11 is 20.9. The summed E-state index contributed by atoms with van der Waals surface area (Å²) in [6, 6.07) is 66.4. The Hall–Kier alpha value is -7.71. The van der Waals surface area contributed by atoms with Crippen molar-refractivity contribution in [1.29, 1.82) is 0 Å². The van der Waals surface area contributed by atoms with E-state index in [0.29, 0.717) is 51.2 Å². The van der Waals surface area contributed by atoms with Gasteiger partial charge in [-0.1, -0.05) is 168 Å². The summed E-state index contributed by atoms with van der Waals surface area (Å²) in [5.74, 6) is 0.313. The molecule has 90 heavy (non-hydrogen) atoms. The molecule has 456 valence electrons. The van der Waals surface area contributed by atoms with Crippen LogP contribution in [0.1, 0.15) is 81.1 Å². The largest absolute Gasteiger partial charge is 0.489 e. The smallest absolute Gasteiger partial charge is 0.338 e. The lowest BCUT2D eigenvalue weighted by Crippen LogP contribution is -2.14. The minimum Gasteiger partial charge on any atom is -0.489 e. The molecule has 0 N–H and O–H groups in total. The van der Waals surface area contributed by atoms with Crippen LogP contribution < -0.4 is 28.4 Å². The summed E-state index contributed by atoms with van der Waals surface area (Å²) < 4.78 is 61.0. The first-order valence-corrected chi connectivity index (χ1v) is 32.7. The summed E-state index contributed by atoms with van der Waals surface area (Å²) in [7, 11) is 0. The predicted molar refractivity (Wildman–Crippen MR) is 364 cm³/mol. The summed E-state index contributed by atoms with van der Waals surface area (Å²) in [5, 5.41) is 0. The van der Waals surface area contributed by atoms with Crippen LogP contribution in [0.15, 0.2) is 245 Å². The van der Waals surface area contributed by atoms with Crippen molar-refractivity contribution in [3.63, 3.8) is 0 Å². The molecule has 12 nitrogen and oxygen atoms in total. The maximum atomic E-state index is 14.4. The van der Waals surface area contributed by atoms with Gasteiger partial charge < -0.3 is 42.6 Å². The minimum absolute atomic E-state index is 0.121. The number of hydrogen-bond donors (Lipinski definition) is 0. The van der Waals surface area contributed by atoms with Crippen LogP contribution in [0.5, 0.6) is 34.5 Å². The topological polar surface area (TPSA) is 134 Å². The first-order chi connectivity index (χ1) is 43.6. The lowest BCUT2D eigenvalue weighted by atomic mass is 10.1. The highest BCUT2D eigenvalue weighted by molar-refractivity contribution is 9.11. The van der Waals surface area contributed by atoms with E-state index >= 15 is 0 Å². The van der Waals surface area contributed by atoms with Crippen LogP contribution in [0.4, 0.5) is 0 Å². The fraction of sp³-hybridized carbons (Fsp3) is 0.125. The van der Waals surface area contributed by atoms with Crippen LogP contribution in [-0.4, -0.2) is 17.9 Å². The Labute approximate surface area is 571 Å². The van der Waals surface area contributed by atoms with Gasteiger partial charge in [-0.05, 0) is 177 Å². The Balaban J connectivity index is 0.908. The molecule has 10 aromatic carbocycles. The van der Waals surface area contributed by atoms with Crippen LogP contribution in [0.25, 0.3) is 0 Å². The van der Waals surface area contributed by atoms with Gasteiger partial charge >= 0.3 is 17.9 Å². The summed E-state index contributed by atoms with van der Waals surface area (Å²) in [5.41, 5.74) is 6.87. The molecule has 18 heteroatoms. The fourth-order valence-electron chi connectivity index (χ4n) is 8.80. The first kappa shape index (κ1) is 65.2. The molecule has 10 aromatic rings. The van der Waals surface area contributed by atoms with Crippen molar-refractivity contribution in [2.75, 3.05) is 0 Å². The molecule has 0 spiro atoms. The van der Waals surface area contributed by atoms with Crippen molar-refractivity contribution in [3.05, 3.63) is 312 Å². The standard InChI is InChI=1S/C72H54Br6O12/c73-58-13-1-46(2-14-58)37-82-64-25-52(26-65(34-64)83-38-47-3-15-59(74)16-4-47)43-88-70(79)55-31-56(71(80)89-44-53-27-66(84-39-48-5-17-60(75)18-6-48)35-67(28-53)85-40-49-7-19-61(76)20-8-49)33-57(32-55)72(81)90-45-54-29-68(86-41-50-9-21-62(77)22-10-50)36-69(30-54)87-42-51-11-23-63(78)24-12-51/h1-36H,37-45H2. The normalized spacial score (nSPS) is 10.9. The van der Waals surface area contributed by atoms with Gasteiger partial charge in [0.2, 0.25) is 0 Å². The van der Waals surface area contributed by atoms with Crippen molar-refractivity contribution in [2.24, 2.45) is 0 Å². The molecule has 0 saturated carbocycles. The van der Waals surface area contributed by atoms with E-state index in [-0.39, 0.29) is 76.2 Å². The fourth-order valence-corrected chi connectivity index (χ4v) is 10.4. The highest BCUT2D eigenvalue weighted by Gasteiger charge is 2.21. The molecule has 0 aromatic heterocycles. The number of benzene rings is 10. The van der Waals surface area contributed by atoms with Gasteiger partial charge in [-0.2, -0.15) is 0 Å². The molecule has 0 heterocycles. The zero-order valence-electron chi connectivity index (χ0n) is 47.8. The third-order valence-corrected chi connectivity index (χ3v) is 16.7. The van der Waals surface area contributed by atoms with E-state index in [4.69, 9.17) is 42.6 Å². The van der Waals surface area contributed by atoms with Gasteiger partial charge in [-0.25, -0.2) is 14.4 Å². The van der Waals surface area contributed by atoms with E-state index < -0.39 is 17.9 Å². The van der Waals surface area contributed by atoms with Gasteiger partial charge in [-0.3, -0.25) is 0 Å². The number of hydrogen-bond acceptors (Lipinski definition) is 12. The van der Waals surface area contributed by atoms with E-state index in [1.807, 2.05) is 146 Å². The quantitative estimate of drug-likeness (QED) is 0.0358. The van der Waals surface area contributed by atoms with Crippen molar-refractivity contribution in [2.45, 2.75) is 59.5 Å². The maximum absolute atomic E-state index is 14.4. The Kier molecular flexibility index (Phi) is 23.4. The van der Waals surface area contributed by atoms with E-state index in [0.717, 1.165) is 60.2 Å². The van der Waals surface area contributed by atoms with E-state index in [2.05, 4.69) is 95.6 Å². The average Bonchev–Trinajstić information content (AvgIpc) is 1.67. The van der Waals surface area contributed by atoms with Gasteiger partial charge in [0.15, 0.2) is 0 Å². The van der Waals surface area contributed by atoms with E-state index in [1.165, 1.54) is 18.2 Å². The Morgan fingerprint density at radius 3 is 0.544 bits per heavy atom. The van der Waals surface area contributed by atoms with Crippen molar-refractivity contribution in [3.8, 4) is 34.5 Å². The molecule has 0 aliphatic carbocycles. The summed E-state index contributed by atoms with van der Waals surface area (Å²) in [6.07, 6.45) is 0. The van der Waals surface area contributed by atoms with Crippen molar-refractivity contribution >= 4 is 113 Å². The molecule has 0 unspecified atom stereocenters. The number of halogens is 6. The van der Waals surface area contributed by atoms with Crippen LogP contribution in [-0.2, 0) is 73.7 Å². The third kappa shape index (κ3) is 20.4. The molecule has 0 aliphatic heterocycles. The summed E-state index contributed by atoms with van der Waals surface area (Å²) in [4.78, 5) is 43.2. The highest BCUT2D eigenvalue weighted by Crippen LogP contribution is 2.31. The monoisotopic (exact) mass is 1580 g/mol. The predicted octanol–water partition coefficient (Wildman–Crippen LogP) is 19.8. The van der Waals surface area contributed by atoms with Gasteiger partial charge in [-0.15, -0.1) is 0 Å². The molecule has 10 rings (SSSR count). The summed E-state index contributed by atoms with van der Waals surface area (Å²) in [6.45, 7) is 0.814. The van der Waals surface area contributed by atoms with E-state index in [9.17, 15) is 14.4 Å². The van der Waals surface area contributed by atoms with Crippen molar-refractivity contribution < 1.29 is 57.0 Å². The SMILES string of the molecule is O=C(OCc1cc(OCc2ccc(Br)cc2)cc(OCc2ccc(Br)cc2)c1)c1cc(C(=O)OCc2cc(OCc3ccc(Br)cc3)cc(OCc3ccc(Br)cc3)c2)cc(C(=O)OCc2cc(OCc3ccc(Br)cc3)cc(OCc3ccc(Br)cc3)c2)c1. The number of carbonyl (C=O) groups is 3. The van der Waals surface area contributed by atoms with Gasteiger partial charge in [0.05, 0.1) is 16.7 Å². The van der Waals surface area contributed by atoms with Gasteiger partial charge in [0.1, 0.15) is 94.0 Å². The first-order valence-electron chi connectivity index (χ1n) is 28.0. The van der Waals surface area contributed by atoms with Gasteiger partial charge in [0.25, 0.3) is 0 Å². The zero-order valence-corrected chi connectivity index (χ0v) is 57.3. The second kappa shape index (κ2) is 32.3. The minimum atomic E-state index is -0.844. The second-order valence-electron chi connectivity index (χ2n) is 20.5. The molecule has 0 amide bonds. The van der Waals surface area contributed by atoms with Crippen LogP contribution in [0.2, 0.25) is 0 Å². The molecule has 0 saturated heterocycles. The molecular weight excluding hydrogens is 1540 g/mol. The number of esters is 3. The maximum Gasteiger partial charge on any atom is 0.338 e. The zero-order chi connectivity index (χ0) is 62.8. The second-order valence-corrected chi connectivity index (χ2v) is 26.0. The molecule has 0 bridgehead atoms. The molecule has 0 aliphatic rings. The Morgan fingerprint density at radius 1 is 0.211 bits per heavy atom. The lowest BCUT2D eigenvalue weighted by molar-refractivity contribution is 0.0466. The number of carbonyl (C=O) groups excluding carboxylic acids is 3.